The van der Waals surface area contributed by atoms with E-state index in [0.29, 0.717) is 35.4 Å². The molecule has 8 heteroatoms. The van der Waals surface area contributed by atoms with Crippen molar-refractivity contribution >= 4 is 24.2 Å². The molecule has 1 aromatic carbocycles. The molecule has 1 unspecified atom stereocenters. The van der Waals surface area contributed by atoms with Crippen molar-refractivity contribution in [2.75, 3.05) is 39.5 Å². The molecule has 3 saturated heterocycles. The highest BCUT2D eigenvalue weighted by atomic mass is 35.5. The van der Waals surface area contributed by atoms with Crippen molar-refractivity contribution in [1.29, 1.82) is 0 Å². The van der Waals surface area contributed by atoms with Gasteiger partial charge in [-0.05, 0) is 68.8 Å². The lowest BCUT2D eigenvalue weighted by Gasteiger charge is -2.30. The summed E-state index contributed by atoms with van der Waals surface area (Å²) in [7, 11) is 0. The van der Waals surface area contributed by atoms with Crippen molar-refractivity contribution < 1.29 is 19.1 Å². The van der Waals surface area contributed by atoms with Crippen molar-refractivity contribution in [2.45, 2.75) is 31.7 Å². The largest absolute Gasteiger partial charge is 0.454 e. The van der Waals surface area contributed by atoms with Gasteiger partial charge in [0.15, 0.2) is 11.5 Å². The van der Waals surface area contributed by atoms with Gasteiger partial charge >= 0.3 is 0 Å². The molecule has 4 aliphatic heterocycles. The van der Waals surface area contributed by atoms with Gasteiger partial charge in [0.2, 0.25) is 12.7 Å². The van der Waals surface area contributed by atoms with Gasteiger partial charge in [-0.15, -0.1) is 12.4 Å². The van der Waals surface area contributed by atoms with Crippen LogP contribution in [0.2, 0.25) is 0 Å². The molecule has 5 rings (SSSR count). The highest BCUT2D eigenvalue weighted by Gasteiger charge is 2.39. The molecule has 158 valence electrons. The minimum Gasteiger partial charge on any atom is -0.454 e. The van der Waals surface area contributed by atoms with Gasteiger partial charge < -0.3 is 24.6 Å². The topological polar surface area (TPSA) is 71.1 Å². The molecule has 1 N–H and O–H groups in total. The van der Waals surface area contributed by atoms with E-state index >= 15 is 0 Å². The van der Waals surface area contributed by atoms with Gasteiger partial charge in [-0.1, -0.05) is 0 Å². The Morgan fingerprint density at radius 1 is 0.966 bits per heavy atom. The molecule has 0 spiro atoms. The normalized spacial score (nSPS) is 27.9. The molecule has 0 saturated carbocycles. The Kier molecular flexibility index (Phi) is 5.88. The second-order valence-corrected chi connectivity index (χ2v) is 8.31. The maximum Gasteiger partial charge on any atom is 0.254 e. The molecule has 3 atom stereocenters. The average molecular weight is 422 g/mol. The van der Waals surface area contributed by atoms with E-state index in [4.69, 9.17) is 9.47 Å². The first-order valence-corrected chi connectivity index (χ1v) is 10.4. The lowest BCUT2D eigenvalue weighted by atomic mass is 9.92. The third kappa shape index (κ3) is 3.78. The summed E-state index contributed by atoms with van der Waals surface area (Å²) in [4.78, 5) is 30.2. The highest BCUT2D eigenvalue weighted by Crippen LogP contribution is 2.34. The third-order valence-electron chi connectivity index (χ3n) is 6.75. The minimum atomic E-state index is -0.339. The summed E-state index contributed by atoms with van der Waals surface area (Å²) in [6.07, 6.45) is 3.74. The highest BCUT2D eigenvalue weighted by molar-refractivity contribution is 5.98. The summed E-state index contributed by atoms with van der Waals surface area (Å²) in [5.41, 5.74) is 0.556. The number of hydrogen-bond acceptors (Lipinski definition) is 5. The molecule has 0 radical (unpaired) electrons. The number of fused-ring (bicyclic) bond motifs is 2. The number of benzene rings is 1. The number of rotatable bonds is 2. The monoisotopic (exact) mass is 421 g/mol. The van der Waals surface area contributed by atoms with Crippen molar-refractivity contribution in [1.82, 2.24) is 15.1 Å². The number of nitrogens with one attached hydrogen (secondary N) is 1. The van der Waals surface area contributed by atoms with Crippen LogP contribution in [0.3, 0.4) is 0 Å². The maximum absolute atomic E-state index is 13.3. The van der Waals surface area contributed by atoms with Gasteiger partial charge in [0, 0.05) is 25.2 Å². The van der Waals surface area contributed by atoms with E-state index < -0.39 is 0 Å². The van der Waals surface area contributed by atoms with Gasteiger partial charge in [-0.25, -0.2) is 0 Å². The van der Waals surface area contributed by atoms with Crippen LogP contribution >= 0.6 is 12.4 Å². The molecule has 3 fully saturated rings. The smallest absolute Gasteiger partial charge is 0.254 e. The Hall–Kier alpha value is -1.99. The Morgan fingerprint density at radius 3 is 2.45 bits per heavy atom. The molecular weight excluding hydrogens is 394 g/mol. The average Bonchev–Trinajstić information content (AvgIpc) is 3.45. The molecule has 4 aliphatic rings. The fraction of sp³-hybridized carbons (Fsp3) is 0.619. The van der Waals surface area contributed by atoms with Crippen LogP contribution in [-0.4, -0.2) is 67.2 Å². The standard InChI is InChI=1S/C21H27N3O4.ClH/c25-20(14-3-4-18-19(10-14)28-13-27-18)24-7-1-2-17(24)21(26)23-8-5-15-11-22-12-16(15)6-9-23;/h3-4,10,15-17,22H,1-2,5-9,11-13H2;1H/t15-,16+,17?;. The van der Waals surface area contributed by atoms with Gasteiger partial charge in [0.1, 0.15) is 6.04 Å². The Morgan fingerprint density at radius 2 is 1.69 bits per heavy atom. The van der Waals surface area contributed by atoms with Crippen LogP contribution in [-0.2, 0) is 4.79 Å². The molecule has 29 heavy (non-hydrogen) atoms. The first-order valence-electron chi connectivity index (χ1n) is 10.4. The summed E-state index contributed by atoms with van der Waals surface area (Å²) in [6.45, 7) is 4.58. The Bertz CT molecular complexity index is 775. The van der Waals surface area contributed by atoms with Gasteiger partial charge in [0.05, 0.1) is 0 Å². The second kappa shape index (κ2) is 8.40. The zero-order valence-electron chi connectivity index (χ0n) is 16.5. The fourth-order valence-electron chi connectivity index (χ4n) is 5.11. The van der Waals surface area contributed by atoms with Crippen LogP contribution in [0.5, 0.6) is 11.5 Å². The number of amides is 2. The Labute approximate surface area is 177 Å². The summed E-state index contributed by atoms with van der Waals surface area (Å²) in [5, 5.41) is 3.47. The number of hydrogen-bond donors (Lipinski definition) is 1. The first kappa shape index (κ1) is 20.3. The SMILES string of the molecule is Cl.O=C(C1CCCN1C(=O)c1ccc2c(c1)OCO2)N1CC[C@@H]2CNC[C@@H]2CC1. The van der Waals surface area contributed by atoms with Crippen LogP contribution in [0.4, 0.5) is 0 Å². The summed E-state index contributed by atoms with van der Waals surface area (Å²) in [5.74, 6) is 2.67. The van der Waals surface area contributed by atoms with E-state index in [1.807, 2.05) is 4.90 Å². The summed E-state index contributed by atoms with van der Waals surface area (Å²) < 4.78 is 10.7. The van der Waals surface area contributed by atoms with E-state index in [9.17, 15) is 9.59 Å². The van der Waals surface area contributed by atoms with E-state index in [1.165, 1.54) is 0 Å². The summed E-state index contributed by atoms with van der Waals surface area (Å²) in [6, 6.07) is 4.92. The predicted molar refractivity (Wildman–Crippen MR) is 110 cm³/mol. The third-order valence-corrected chi connectivity index (χ3v) is 6.75. The van der Waals surface area contributed by atoms with Crippen molar-refractivity contribution in [3.63, 3.8) is 0 Å². The zero-order valence-corrected chi connectivity index (χ0v) is 17.3. The van der Waals surface area contributed by atoms with Crippen molar-refractivity contribution in [3.8, 4) is 11.5 Å². The van der Waals surface area contributed by atoms with Gasteiger partial charge in [-0.2, -0.15) is 0 Å². The number of halogens is 1. The van der Waals surface area contributed by atoms with Crippen molar-refractivity contribution in [2.24, 2.45) is 11.8 Å². The van der Waals surface area contributed by atoms with Crippen LogP contribution in [0.1, 0.15) is 36.0 Å². The first-order chi connectivity index (χ1) is 13.7. The molecule has 0 bridgehead atoms. The lowest BCUT2D eigenvalue weighted by Crippen LogP contribution is -2.48. The van der Waals surface area contributed by atoms with Crippen LogP contribution in [0.15, 0.2) is 18.2 Å². The molecule has 0 aliphatic carbocycles. The number of carbonyl (C=O) groups is 2. The molecule has 0 aromatic heterocycles. The Balaban J connectivity index is 0.00000205. The number of nitrogens with zero attached hydrogens (tertiary/aromatic N) is 2. The molecule has 4 heterocycles. The number of ether oxygens (including phenoxy) is 2. The zero-order chi connectivity index (χ0) is 19.1. The molecular formula is C21H28ClN3O4. The molecule has 7 nitrogen and oxygen atoms in total. The second-order valence-electron chi connectivity index (χ2n) is 8.31. The minimum absolute atomic E-state index is 0. The van der Waals surface area contributed by atoms with Crippen molar-refractivity contribution in [3.05, 3.63) is 23.8 Å². The summed E-state index contributed by atoms with van der Waals surface area (Å²) >= 11 is 0. The number of likely N-dealkylation sites (tertiary alicyclic amines) is 2. The van der Waals surface area contributed by atoms with Gasteiger partial charge in [-0.3, -0.25) is 9.59 Å². The molecule has 2 amide bonds. The van der Waals surface area contributed by atoms with E-state index in [2.05, 4.69) is 5.32 Å². The fourth-order valence-corrected chi connectivity index (χ4v) is 5.11. The van der Waals surface area contributed by atoms with E-state index in [0.717, 1.165) is 51.9 Å². The molecule has 1 aromatic rings. The van der Waals surface area contributed by atoms with E-state index in [1.54, 1.807) is 23.1 Å². The van der Waals surface area contributed by atoms with Crippen LogP contribution in [0, 0.1) is 11.8 Å². The number of carbonyl (C=O) groups excluding carboxylic acids is 2. The predicted octanol–water partition coefficient (Wildman–Crippen LogP) is 1.90. The van der Waals surface area contributed by atoms with Crippen LogP contribution in [0.25, 0.3) is 0 Å². The lowest BCUT2D eigenvalue weighted by molar-refractivity contribution is -0.135. The van der Waals surface area contributed by atoms with Crippen LogP contribution < -0.4 is 14.8 Å². The quantitative estimate of drug-likeness (QED) is 0.789. The maximum atomic E-state index is 13.3. The van der Waals surface area contributed by atoms with E-state index in [-0.39, 0.29) is 37.1 Å². The van der Waals surface area contributed by atoms with Gasteiger partial charge in [0.25, 0.3) is 5.91 Å².